The number of carbonyl (C=O) groups is 1. The van der Waals surface area contributed by atoms with Crippen LogP contribution in [0.5, 0.6) is 5.75 Å². The van der Waals surface area contributed by atoms with Gasteiger partial charge in [-0.25, -0.2) is 0 Å². The zero-order valence-electron chi connectivity index (χ0n) is 15.2. The van der Waals surface area contributed by atoms with E-state index in [1.807, 2.05) is 79.8 Å². The van der Waals surface area contributed by atoms with Gasteiger partial charge in [-0.3, -0.25) is 4.79 Å². The highest BCUT2D eigenvalue weighted by Gasteiger charge is 2.15. The number of ether oxygens (including phenoxy) is 1. The van der Waals surface area contributed by atoms with Crippen LogP contribution in [0.4, 0.5) is 5.69 Å². The van der Waals surface area contributed by atoms with Crippen molar-refractivity contribution in [3.8, 4) is 5.75 Å². The van der Waals surface area contributed by atoms with E-state index < -0.39 is 6.10 Å². The molecule has 0 bridgehead atoms. The number of hydrogen-bond acceptors (Lipinski definition) is 3. The molecule has 0 aliphatic heterocycles. The van der Waals surface area contributed by atoms with Crippen LogP contribution < -0.4 is 15.0 Å². The van der Waals surface area contributed by atoms with Crippen LogP contribution >= 0.6 is 0 Å². The third kappa shape index (κ3) is 4.33. The van der Waals surface area contributed by atoms with Crippen molar-refractivity contribution in [2.24, 2.45) is 0 Å². The van der Waals surface area contributed by atoms with Crippen LogP contribution in [-0.2, 0) is 4.79 Å². The highest BCUT2D eigenvalue weighted by Crippen LogP contribution is 2.26. The summed E-state index contributed by atoms with van der Waals surface area (Å²) in [7, 11) is 2.01. The predicted molar refractivity (Wildman–Crippen MR) is 107 cm³/mol. The van der Waals surface area contributed by atoms with Crippen LogP contribution in [0.25, 0.3) is 10.8 Å². The second kappa shape index (κ2) is 8.39. The van der Waals surface area contributed by atoms with Gasteiger partial charge in [0.1, 0.15) is 5.75 Å². The maximum absolute atomic E-state index is 12.3. The lowest BCUT2D eigenvalue weighted by atomic mass is 10.1. The lowest BCUT2D eigenvalue weighted by molar-refractivity contribution is -0.127. The Morgan fingerprint density at radius 3 is 2.50 bits per heavy atom. The van der Waals surface area contributed by atoms with Crippen molar-refractivity contribution in [3.63, 3.8) is 0 Å². The standard InChI is InChI=1S/C22H24N2O2/c1-17(26-21-14-8-10-18-9-6-7-13-20(18)21)22(25)23-15-16-24(2)19-11-4-3-5-12-19/h3-14,17H,15-16H2,1-2H3,(H,23,25)/t17-/m1/s1. The molecule has 0 saturated heterocycles. The molecule has 1 atom stereocenters. The predicted octanol–water partition coefficient (Wildman–Crippen LogP) is 3.86. The Morgan fingerprint density at radius 2 is 1.69 bits per heavy atom. The Kier molecular flexibility index (Phi) is 5.74. The van der Waals surface area contributed by atoms with Gasteiger partial charge in [0.05, 0.1) is 0 Å². The topological polar surface area (TPSA) is 41.6 Å². The normalized spacial score (nSPS) is 11.8. The maximum atomic E-state index is 12.3. The Morgan fingerprint density at radius 1 is 1.00 bits per heavy atom. The first-order valence-electron chi connectivity index (χ1n) is 8.83. The molecular formula is C22H24N2O2. The van der Waals surface area contributed by atoms with Crippen molar-refractivity contribution in [2.75, 3.05) is 25.0 Å². The summed E-state index contributed by atoms with van der Waals surface area (Å²) in [5.41, 5.74) is 1.13. The second-order valence-corrected chi connectivity index (χ2v) is 6.29. The molecule has 3 rings (SSSR count). The molecule has 0 saturated carbocycles. The summed E-state index contributed by atoms with van der Waals surface area (Å²) < 4.78 is 5.91. The number of nitrogens with zero attached hydrogens (tertiary/aromatic N) is 1. The number of para-hydroxylation sites is 1. The fourth-order valence-corrected chi connectivity index (χ4v) is 2.84. The van der Waals surface area contributed by atoms with Crippen molar-refractivity contribution in [2.45, 2.75) is 13.0 Å². The highest BCUT2D eigenvalue weighted by molar-refractivity contribution is 5.89. The summed E-state index contributed by atoms with van der Waals surface area (Å²) in [6.07, 6.45) is -0.553. The molecule has 1 amide bonds. The van der Waals surface area contributed by atoms with Crippen molar-refractivity contribution >= 4 is 22.4 Å². The molecule has 26 heavy (non-hydrogen) atoms. The number of benzene rings is 3. The fourth-order valence-electron chi connectivity index (χ4n) is 2.84. The summed E-state index contributed by atoms with van der Waals surface area (Å²) in [4.78, 5) is 14.5. The molecule has 0 aliphatic carbocycles. The third-order valence-corrected chi connectivity index (χ3v) is 4.37. The first kappa shape index (κ1) is 17.8. The van der Waals surface area contributed by atoms with Gasteiger partial charge >= 0.3 is 0 Å². The van der Waals surface area contributed by atoms with Gasteiger partial charge in [-0.1, -0.05) is 54.6 Å². The third-order valence-electron chi connectivity index (χ3n) is 4.37. The van der Waals surface area contributed by atoms with E-state index in [0.29, 0.717) is 6.54 Å². The van der Waals surface area contributed by atoms with E-state index in [9.17, 15) is 4.79 Å². The van der Waals surface area contributed by atoms with Crippen LogP contribution in [-0.4, -0.2) is 32.1 Å². The van der Waals surface area contributed by atoms with Gasteiger partial charge in [0.15, 0.2) is 6.10 Å². The van der Waals surface area contributed by atoms with Gasteiger partial charge < -0.3 is 15.0 Å². The summed E-state index contributed by atoms with van der Waals surface area (Å²) in [6.45, 7) is 3.07. The average molecular weight is 348 g/mol. The number of anilines is 1. The molecule has 0 fully saturated rings. The van der Waals surface area contributed by atoms with Crippen LogP contribution in [0, 0.1) is 0 Å². The van der Waals surface area contributed by atoms with E-state index in [0.717, 1.165) is 28.8 Å². The van der Waals surface area contributed by atoms with Crippen molar-refractivity contribution in [3.05, 3.63) is 72.8 Å². The molecule has 4 nitrogen and oxygen atoms in total. The van der Waals surface area contributed by atoms with Crippen molar-refractivity contribution in [1.82, 2.24) is 5.32 Å². The highest BCUT2D eigenvalue weighted by atomic mass is 16.5. The van der Waals surface area contributed by atoms with Crippen molar-refractivity contribution < 1.29 is 9.53 Å². The molecule has 1 N–H and O–H groups in total. The molecule has 3 aromatic rings. The largest absolute Gasteiger partial charge is 0.480 e. The Labute approximate surface area is 154 Å². The van der Waals surface area contributed by atoms with E-state index in [4.69, 9.17) is 4.74 Å². The van der Waals surface area contributed by atoms with Crippen LogP contribution in [0.3, 0.4) is 0 Å². The monoisotopic (exact) mass is 348 g/mol. The lowest BCUT2D eigenvalue weighted by Gasteiger charge is -2.20. The number of nitrogens with one attached hydrogen (secondary N) is 1. The Bertz CT molecular complexity index is 859. The Hall–Kier alpha value is -3.01. The van der Waals surface area contributed by atoms with Crippen LogP contribution in [0.1, 0.15) is 6.92 Å². The molecule has 4 heteroatoms. The minimum atomic E-state index is -0.553. The number of likely N-dealkylation sites (N-methyl/N-ethyl adjacent to an activating group) is 1. The lowest BCUT2D eigenvalue weighted by Crippen LogP contribution is -2.40. The minimum absolute atomic E-state index is 0.112. The molecule has 134 valence electrons. The smallest absolute Gasteiger partial charge is 0.260 e. The summed E-state index contributed by atoms with van der Waals surface area (Å²) in [5.74, 6) is 0.617. The van der Waals surface area contributed by atoms with Gasteiger partial charge in [-0.15, -0.1) is 0 Å². The number of amides is 1. The molecule has 0 radical (unpaired) electrons. The van der Waals surface area contributed by atoms with Gasteiger partial charge in [-0.05, 0) is 30.5 Å². The number of fused-ring (bicyclic) bond motifs is 1. The summed E-state index contributed by atoms with van der Waals surface area (Å²) in [5, 5.41) is 5.06. The minimum Gasteiger partial charge on any atom is -0.480 e. The zero-order chi connectivity index (χ0) is 18.4. The van der Waals surface area contributed by atoms with Gasteiger partial charge in [-0.2, -0.15) is 0 Å². The summed E-state index contributed by atoms with van der Waals surface area (Å²) in [6, 6.07) is 24.0. The summed E-state index contributed by atoms with van der Waals surface area (Å²) >= 11 is 0. The second-order valence-electron chi connectivity index (χ2n) is 6.29. The zero-order valence-corrected chi connectivity index (χ0v) is 15.2. The number of carbonyl (C=O) groups excluding carboxylic acids is 1. The van der Waals surface area contributed by atoms with E-state index >= 15 is 0 Å². The first-order chi connectivity index (χ1) is 12.6. The molecular weight excluding hydrogens is 324 g/mol. The van der Waals surface area contributed by atoms with Gasteiger partial charge in [0, 0.05) is 31.2 Å². The van der Waals surface area contributed by atoms with Crippen LogP contribution in [0.15, 0.2) is 72.8 Å². The van der Waals surface area contributed by atoms with E-state index in [2.05, 4.69) is 10.2 Å². The molecule has 0 unspecified atom stereocenters. The van der Waals surface area contributed by atoms with E-state index in [1.165, 1.54) is 0 Å². The SMILES string of the molecule is C[C@@H](Oc1cccc2ccccc12)C(=O)NCCN(C)c1ccccc1. The molecule has 3 aromatic carbocycles. The van der Waals surface area contributed by atoms with E-state index in [-0.39, 0.29) is 5.91 Å². The fraction of sp³-hybridized carbons (Fsp3) is 0.227. The van der Waals surface area contributed by atoms with Crippen molar-refractivity contribution in [1.29, 1.82) is 0 Å². The van der Waals surface area contributed by atoms with Gasteiger partial charge in [0.2, 0.25) is 0 Å². The first-order valence-corrected chi connectivity index (χ1v) is 8.83. The average Bonchev–Trinajstić information content (AvgIpc) is 2.68. The molecule has 0 aliphatic rings. The maximum Gasteiger partial charge on any atom is 0.260 e. The Balaban J connectivity index is 1.53. The molecule has 0 heterocycles. The molecule has 0 spiro atoms. The number of hydrogen-bond donors (Lipinski definition) is 1. The quantitative estimate of drug-likeness (QED) is 0.705. The van der Waals surface area contributed by atoms with E-state index in [1.54, 1.807) is 6.92 Å². The van der Waals surface area contributed by atoms with Crippen LogP contribution in [0.2, 0.25) is 0 Å². The van der Waals surface area contributed by atoms with Gasteiger partial charge in [0.25, 0.3) is 5.91 Å². The molecule has 0 aromatic heterocycles. The number of rotatable bonds is 7.